The van der Waals surface area contributed by atoms with Crippen molar-refractivity contribution in [2.45, 2.75) is 51.6 Å². The minimum atomic E-state index is 0.0897. The molecule has 21 heavy (non-hydrogen) atoms. The van der Waals surface area contributed by atoms with Gasteiger partial charge in [-0.15, -0.1) is 0 Å². The Labute approximate surface area is 126 Å². The number of carbonyl (C=O) groups is 1. The molecule has 2 aliphatic rings. The highest BCUT2D eigenvalue weighted by Gasteiger charge is 2.32. The van der Waals surface area contributed by atoms with Crippen LogP contribution >= 0.6 is 0 Å². The number of hydrogen-bond acceptors (Lipinski definition) is 3. The molecule has 114 valence electrons. The van der Waals surface area contributed by atoms with Gasteiger partial charge >= 0.3 is 0 Å². The second kappa shape index (κ2) is 6.46. The highest BCUT2D eigenvalue weighted by Crippen LogP contribution is 2.27. The number of pyridine rings is 1. The average molecular weight is 288 g/mol. The van der Waals surface area contributed by atoms with Crippen molar-refractivity contribution in [2.24, 2.45) is 5.92 Å². The van der Waals surface area contributed by atoms with Crippen LogP contribution in [0.3, 0.4) is 0 Å². The van der Waals surface area contributed by atoms with E-state index in [-0.39, 0.29) is 12.0 Å². The van der Waals surface area contributed by atoms with Gasteiger partial charge in [-0.05, 0) is 25.8 Å². The monoisotopic (exact) mass is 288 g/mol. The molecule has 0 radical (unpaired) electrons. The van der Waals surface area contributed by atoms with E-state index in [2.05, 4.69) is 4.98 Å². The van der Waals surface area contributed by atoms with Crippen molar-refractivity contribution in [3.8, 4) is 5.88 Å². The number of hydrogen-bond donors (Lipinski definition) is 0. The van der Waals surface area contributed by atoms with E-state index in [1.54, 1.807) is 0 Å². The zero-order chi connectivity index (χ0) is 14.7. The molecule has 1 aliphatic carbocycles. The molecule has 1 aromatic heterocycles. The first-order valence-corrected chi connectivity index (χ1v) is 8.11. The Kier molecular flexibility index (Phi) is 4.42. The van der Waals surface area contributed by atoms with Gasteiger partial charge in [-0.25, -0.2) is 4.98 Å². The van der Waals surface area contributed by atoms with E-state index in [0.29, 0.717) is 18.3 Å². The number of nitrogens with zero attached hydrogens (tertiary/aromatic N) is 2. The van der Waals surface area contributed by atoms with Crippen molar-refractivity contribution in [3.05, 3.63) is 23.9 Å². The van der Waals surface area contributed by atoms with Crippen molar-refractivity contribution < 1.29 is 9.53 Å². The van der Waals surface area contributed by atoms with Gasteiger partial charge < -0.3 is 9.64 Å². The normalized spacial score (nSPS) is 23.3. The van der Waals surface area contributed by atoms with Crippen LogP contribution in [0.2, 0.25) is 0 Å². The SMILES string of the molecule is Cc1cccc(OC2CCN(C(=O)C3CCCCC3)C2)n1. The second-order valence-corrected chi connectivity index (χ2v) is 6.26. The van der Waals surface area contributed by atoms with E-state index in [1.807, 2.05) is 30.0 Å². The molecule has 2 fully saturated rings. The molecule has 0 spiro atoms. The Morgan fingerprint density at radius 3 is 2.81 bits per heavy atom. The minimum Gasteiger partial charge on any atom is -0.472 e. The first-order chi connectivity index (χ1) is 10.2. The van der Waals surface area contributed by atoms with Crippen LogP contribution in [0.5, 0.6) is 5.88 Å². The van der Waals surface area contributed by atoms with Gasteiger partial charge in [-0.3, -0.25) is 4.79 Å². The number of amides is 1. The van der Waals surface area contributed by atoms with Gasteiger partial charge in [0.15, 0.2) is 0 Å². The fraction of sp³-hybridized carbons (Fsp3) is 0.647. The number of likely N-dealkylation sites (tertiary alicyclic amines) is 1. The Balaban J connectivity index is 1.54. The quantitative estimate of drug-likeness (QED) is 0.859. The lowest BCUT2D eigenvalue weighted by molar-refractivity contribution is -0.135. The average Bonchev–Trinajstić information content (AvgIpc) is 2.96. The molecule has 3 rings (SSSR count). The molecule has 1 atom stereocenters. The van der Waals surface area contributed by atoms with Crippen LogP contribution in [0.1, 0.15) is 44.2 Å². The van der Waals surface area contributed by atoms with E-state index in [4.69, 9.17) is 4.74 Å². The highest BCUT2D eigenvalue weighted by molar-refractivity contribution is 5.79. The lowest BCUT2D eigenvalue weighted by Crippen LogP contribution is -2.36. The van der Waals surface area contributed by atoms with Gasteiger partial charge in [0.1, 0.15) is 6.10 Å². The molecule has 4 heteroatoms. The maximum absolute atomic E-state index is 12.5. The standard InChI is InChI=1S/C17H24N2O2/c1-13-6-5-9-16(18-13)21-15-10-11-19(12-15)17(20)14-7-3-2-4-8-14/h5-6,9,14-15H,2-4,7-8,10-12H2,1H3. The number of aryl methyl sites for hydroxylation is 1. The summed E-state index contributed by atoms with van der Waals surface area (Å²) < 4.78 is 5.92. The maximum atomic E-state index is 12.5. The summed E-state index contributed by atoms with van der Waals surface area (Å²) in [6.07, 6.45) is 6.84. The summed E-state index contributed by atoms with van der Waals surface area (Å²) >= 11 is 0. The number of ether oxygens (including phenoxy) is 1. The molecular formula is C17H24N2O2. The lowest BCUT2D eigenvalue weighted by atomic mass is 9.88. The molecule has 4 nitrogen and oxygen atoms in total. The smallest absolute Gasteiger partial charge is 0.225 e. The van der Waals surface area contributed by atoms with Gasteiger partial charge in [-0.2, -0.15) is 0 Å². The van der Waals surface area contributed by atoms with Crippen molar-refractivity contribution in [1.29, 1.82) is 0 Å². The van der Waals surface area contributed by atoms with Gasteiger partial charge in [0.2, 0.25) is 11.8 Å². The minimum absolute atomic E-state index is 0.0897. The predicted molar refractivity (Wildman–Crippen MR) is 81.2 cm³/mol. The molecule has 1 amide bonds. The lowest BCUT2D eigenvalue weighted by Gasteiger charge is -2.26. The van der Waals surface area contributed by atoms with Crippen LogP contribution in [0.4, 0.5) is 0 Å². The number of carbonyl (C=O) groups excluding carboxylic acids is 1. The third-order valence-corrected chi connectivity index (χ3v) is 4.56. The van der Waals surface area contributed by atoms with E-state index in [0.717, 1.165) is 31.5 Å². The van der Waals surface area contributed by atoms with Crippen LogP contribution in [-0.2, 0) is 4.79 Å². The fourth-order valence-corrected chi connectivity index (χ4v) is 3.39. The predicted octanol–water partition coefficient (Wildman–Crippen LogP) is 2.95. The van der Waals surface area contributed by atoms with Crippen molar-refractivity contribution in [3.63, 3.8) is 0 Å². The Morgan fingerprint density at radius 2 is 2.05 bits per heavy atom. The van der Waals surface area contributed by atoms with Crippen LogP contribution in [0.25, 0.3) is 0 Å². The summed E-state index contributed by atoms with van der Waals surface area (Å²) in [6.45, 7) is 3.50. The maximum Gasteiger partial charge on any atom is 0.225 e. The van der Waals surface area contributed by atoms with Gasteiger partial charge in [0.05, 0.1) is 6.54 Å². The summed E-state index contributed by atoms with van der Waals surface area (Å²) in [7, 11) is 0. The molecule has 1 aliphatic heterocycles. The van der Waals surface area contributed by atoms with Crippen molar-refractivity contribution in [2.75, 3.05) is 13.1 Å². The fourth-order valence-electron chi connectivity index (χ4n) is 3.39. The molecule has 0 bridgehead atoms. The molecule has 1 saturated heterocycles. The van der Waals surface area contributed by atoms with Crippen LogP contribution in [0.15, 0.2) is 18.2 Å². The van der Waals surface area contributed by atoms with Crippen LogP contribution < -0.4 is 4.74 Å². The van der Waals surface area contributed by atoms with E-state index < -0.39 is 0 Å². The summed E-state index contributed by atoms with van der Waals surface area (Å²) in [5.41, 5.74) is 0.959. The van der Waals surface area contributed by atoms with Crippen LogP contribution in [-0.4, -0.2) is 35.0 Å². The van der Waals surface area contributed by atoms with Crippen molar-refractivity contribution in [1.82, 2.24) is 9.88 Å². The van der Waals surface area contributed by atoms with Gasteiger partial charge in [0.25, 0.3) is 0 Å². The Bertz CT molecular complexity index is 497. The number of aromatic nitrogens is 1. The topological polar surface area (TPSA) is 42.4 Å². The molecule has 0 aromatic carbocycles. The van der Waals surface area contributed by atoms with Gasteiger partial charge in [0, 0.05) is 30.6 Å². The number of rotatable bonds is 3. The highest BCUT2D eigenvalue weighted by atomic mass is 16.5. The van der Waals surface area contributed by atoms with Crippen LogP contribution in [0, 0.1) is 12.8 Å². The molecule has 1 saturated carbocycles. The first-order valence-electron chi connectivity index (χ1n) is 8.11. The van der Waals surface area contributed by atoms with E-state index in [1.165, 1.54) is 19.3 Å². The Hall–Kier alpha value is -1.58. The summed E-state index contributed by atoms with van der Waals surface area (Å²) in [4.78, 5) is 18.9. The molecule has 0 N–H and O–H groups in total. The summed E-state index contributed by atoms with van der Waals surface area (Å²) in [5, 5.41) is 0. The third kappa shape index (κ3) is 3.55. The van der Waals surface area contributed by atoms with Crippen molar-refractivity contribution >= 4 is 5.91 Å². The largest absolute Gasteiger partial charge is 0.472 e. The van der Waals surface area contributed by atoms with E-state index in [9.17, 15) is 4.79 Å². The first kappa shape index (κ1) is 14.4. The summed E-state index contributed by atoms with van der Waals surface area (Å²) in [6, 6.07) is 5.80. The molecule has 1 aromatic rings. The van der Waals surface area contributed by atoms with Gasteiger partial charge in [-0.1, -0.05) is 25.3 Å². The third-order valence-electron chi connectivity index (χ3n) is 4.56. The molecule has 1 unspecified atom stereocenters. The summed E-state index contributed by atoms with van der Waals surface area (Å²) in [5.74, 6) is 1.28. The molecule has 2 heterocycles. The second-order valence-electron chi connectivity index (χ2n) is 6.26. The van der Waals surface area contributed by atoms with E-state index >= 15 is 0 Å². The zero-order valence-corrected chi connectivity index (χ0v) is 12.8. The molecular weight excluding hydrogens is 264 g/mol. The Morgan fingerprint density at radius 1 is 1.24 bits per heavy atom. The zero-order valence-electron chi connectivity index (χ0n) is 12.8.